The average molecular weight is 525 g/mol. The molecule has 0 aliphatic carbocycles. The number of aryl methyl sites for hydroxylation is 2. The second-order valence-electron chi connectivity index (χ2n) is 9.94. The van der Waals surface area contributed by atoms with E-state index in [-0.39, 0.29) is 36.7 Å². The highest BCUT2D eigenvalue weighted by Gasteiger charge is 2.26. The third kappa shape index (κ3) is 9.71. The molecule has 1 aromatic rings. The molecule has 0 spiro atoms. The number of rotatable bonds is 12. The van der Waals surface area contributed by atoms with Crippen LogP contribution in [0.15, 0.2) is 15.7 Å². The zero-order valence-corrected chi connectivity index (χ0v) is 22.3. The van der Waals surface area contributed by atoms with Gasteiger partial charge in [0.25, 0.3) is 0 Å². The van der Waals surface area contributed by atoms with Crippen molar-refractivity contribution in [3.05, 3.63) is 37.7 Å². The Labute approximate surface area is 205 Å². The highest BCUT2D eigenvalue weighted by Crippen LogP contribution is 2.31. The van der Waals surface area contributed by atoms with Gasteiger partial charge in [-0.1, -0.05) is 41.0 Å². The normalized spacial score (nSPS) is 12.6. The van der Waals surface area contributed by atoms with Crippen molar-refractivity contribution < 1.29 is 14.3 Å². The van der Waals surface area contributed by atoms with Gasteiger partial charge in [0.15, 0.2) is 0 Å². The first-order valence-electron chi connectivity index (χ1n) is 10.9. The number of hydrogen-bond donors (Lipinski definition) is 3. The van der Waals surface area contributed by atoms with Crippen molar-refractivity contribution in [3.8, 4) is 0 Å². The number of azide groups is 1. The van der Waals surface area contributed by atoms with Gasteiger partial charge < -0.3 is 21.1 Å². The molecule has 0 fully saturated rings. The molecule has 4 N–H and O–H groups in total. The Morgan fingerprint density at radius 2 is 1.85 bits per heavy atom. The number of ether oxygens (including phenoxy) is 1. The molecule has 0 aliphatic rings. The summed E-state index contributed by atoms with van der Waals surface area (Å²) in [6.07, 6.45) is 0.350. The number of halogens is 1. The smallest absolute Gasteiger partial charge is 0.237 e. The third-order valence-electron chi connectivity index (χ3n) is 5.14. The monoisotopic (exact) mass is 524 g/mol. The molecular formula is C23H37BrN6O3. The van der Waals surface area contributed by atoms with Gasteiger partial charge >= 0.3 is 0 Å². The van der Waals surface area contributed by atoms with Gasteiger partial charge in [-0.15, -0.1) is 0 Å². The van der Waals surface area contributed by atoms with Crippen LogP contribution < -0.4 is 16.4 Å². The molecule has 0 heterocycles. The molecule has 33 heavy (non-hydrogen) atoms. The fourth-order valence-corrected chi connectivity index (χ4v) is 3.60. The zero-order valence-electron chi connectivity index (χ0n) is 20.7. The Bertz CT molecular complexity index is 910. The van der Waals surface area contributed by atoms with Crippen molar-refractivity contribution in [2.24, 2.45) is 16.3 Å². The summed E-state index contributed by atoms with van der Waals surface area (Å²) in [5.74, 6) is -0.528. The molecule has 9 nitrogen and oxygen atoms in total. The van der Waals surface area contributed by atoms with E-state index >= 15 is 0 Å². The number of anilines is 1. The summed E-state index contributed by atoms with van der Waals surface area (Å²) < 4.78 is 6.70. The number of carbonyl (C=O) groups is 2. The van der Waals surface area contributed by atoms with E-state index in [1.807, 2.05) is 54.5 Å². The standard InChI is InChI=1S/C23H37BrN6O3/c1-14-10-15(2)20(16(3)19(14)24)28-18(31)9-8-17(25)21(32)29-23(6,7)13-33-12-22(4,5)11-27-30-26/h10,17H,8-9,11-13,25H2,1-7H3,(H,28,31)(H,29,32)/t17-/m0/s1. The number of benzene rings is 1. The van der Waals surface area contributed by atoms with Crippen LogP contribution in [0.3, 0.4) is 0 Å². The van der Waals surface area contributed by atoms with E-state index < -0.39 is 11.6 Å². The Morgan fingerprint density at radius 1 is 1.21 bits per heavy atom. The second kappa shape index (κ2) is 12.4. The van der Waals surface area contributed by atoms with Crippen LogP contribution >= 0.6 is 15.9 Å². The highest BCUT2D eigenvalue weighted by atomic mass is 79.9. The van der Waals surface area contributed by atoms with Gasteiger partial charge in [0.2, 0.25) is 11.8 Å². The first-order valence-corrected chi connectivity index (χ1v) is 11.7. The lowest BCUT2D eigenvalue weighted by atomic mass is 9.95. The minimum Gasteiger partial charge on any atom is -0.378 e. The number of hydrogen-bond acceptors (Lipinski definition) is 5. The Kier molecular flexibility index (Phi) is 10.8. The Balaban J connectivity index is 2.54. The van der Waals surface area contributed by atoms with Crippen LogP contribution in [0, 0.1) is 26.2 Å². The molecule has 0 aliphatic heterocycles. The van der Waals surface area contributed by atoms with Crippen molar-refractivity contribution in [1.82, 2.24) is 5.32 Å². The fourth-order valence-electron chi connectivity index (χ4n) is 3.29. The van der Waals surface area contributed by atoms with Gasteiger partial charge in [0, 0.05) is 28.0 Å². The fraction of sp³-hybridized carbons (Fsp3) is 0.652. The van der Waals surface area contributed by atoms with Crippen molar-refractivity contribution in [3.63, 3.8) is 0 Å². The van der Waals surface area contributed by atoms with Gasteiger partial charge in [-0.25, -0.2) is 0 Å². The SMILES string of the molecule is Cc1cc(C)c(NC(=O)CC[C@H](N)C(=O)NC(C)(C)COCC(C)(C)CN=[N+]=[N-])c(C)c1Br. The van der Waals surface area contributed by atoms with E-state index in [4.69, 9.17) is 16.0 Å². The topological polar surface area (TPSA) is 142 Å². The number of nitrogens with zero attached hydrogens (tertiary/aromatic N) is 3. The molecule has 2 amide bonds. The molecule has 1 rings (SSSR count). The maximum absolute atomic E-state index is 12.5. The minimum absolute atomic E-state index is 0.128. The summed E-state index contributed by atoms with van der Waals surface area (Å²) in [6.45, 7) is 14.4. The Hall–Kier alpha value is -2.13. The quantitative estimate of drug-likeness (QED) is 0.207. The van der Waals surface area contributed by atoms with Crippen LogP contribution in [0.2, 0.25) is 0 Å². The van der Waals surface area contributed by atoms with Crippen LogP contribution in [0.5, 0.6) is 0 Å². The van der Waals surface area contributed by atoms with Gasteiger partial charge in [-0.05, 0) is 68.7 Å². The average Bonchev–Trinajstić information content (AvgIpc) is 2.71. The summed E-state index contributed by atoms with van der Waals surface area (Å²) in [7, 11) is 0. The van der Waals surface area contributed by atoms with Gasteiger partial charge in [-0.3, -0.25) is 9.59 Å². The second-order valence-corrected chi connectivity index (χ2v) is 10.7. The molecule has 0 radical (unpaired) electrons. The molecule has 184 valence electrons. The minimum atomic E-state index is -0.816. The van der Waals surface area contributed by atoms with E-state index in [9.17, 15) is 9.59 Å². The maximum atomic E-state index is 12.5. The van der Waals surface area contributed by atoms with E-state index in [2.05, 4.69) is 36.6 Å². The third-order valence-corrected chi connectivity index (χ3v) is 6.36. The summed E-state index contributed by atoms with van der Waals surface area (Å²) in [5.41, 5.74) is 17.4. The lowest BCUT2D eigenvalue weighted by Gasteiger charge is -2.30. The van der Waals surface area contributed by atoms with Gasteiger partial charge in [0.1, 0.15) is 0 Å². The number of amides is 2. The summed E-state index contributed by atoms with van der Waals surface area (Å²) in [6, 6.07) is 1.19. The number of nitrogens with one attached hydrogen (secondary N) is 2. The predicted octanol–water partition coefficient (Wildman–Crippen LogP) is 4.67. The van der Waals surface area contributed by atoms with E-state index in [1.165, 1.54) is 0 Å². The summed E-state index contributed by atoms with van der Waals surface area (Å²) in [5, 5.41) is 9.41. The molecule has 0 saturated heterocycles. The van der Waals surface area contributed by atoms with Crippen LogP contribution in [0.4, 0.5) is 5.69 Å². The molecule has 1 atom stereocenters. The molecule has 0 bridgehead atoms. The highest BCUT2D eigenvalue weighted by molar-refractivity contribution is 9.10. The van der Waals surface area contributed by atoms with E-state index in [0.717, 1.165) is 26.9 Å². The van der Waals surface area contributed by atoms with Crippen LogP contribution in [-0.2, 0) is 14.3 Å². The van der Waals surface area contributed by atoms with Crippen molar-refractivity contribution in [2.75, 3.05) is 25.1 Å². The molecule has 1 aromatic carbocycles. The molecular weight excluding hydrogens is 488 g/mol. The first-order chi connectivity index (χ1) is 15.2. The number of carbonyl (C=O) groups excluding carboxylic acids is 2. The lowest BCUT2D eigenvalue weighted by molar-refractivity contribution is -0.125. The van der Waals surface area contributed by atoms with Gasteiger partial charge in [0.05, 0.1) is 24.8 Å². The van der Waals surface area contributed by atoms with Crippen molar-refractivity contribution >= 4 is 33.4 Å². The summed E-state index contributed by atoms with van der Waals surface area (Å²) in [4.78, 5) is 27.8. The maximum Gasteiger partial charge on any atom is 0.237 e. The van der Waals surface area contributed by atoms with Crippen molar-refractivity contribution in [1.29, 1.82) is 0 Å². The van der Waals surface area contributed by atoms with E-state index in [1.54, 1.807) is 0 Å². The zero-order chi connectivity index (χ0) is 25.4. The molecule has 10 heteroatoms. The molecule has 0 saturated carbocycles. The first kappa shape index (κ1) is 28.9. The largest absolute Gasteiger partial charge is 0.378 e. The predicted molar refractivity (Wildman–Crippen MR) is 135 cm³/mol. The molecule has 0 unspecified atom stereocenters. The van der Waals surface area contributed by atoms with Crippen LogP contribution in [0.25, 0.3) is 10.4 Å². The molecule has 0 aromatic heterocycles. The van der Waals surface area contributed by atoms with Crippen LogP contribution in [-0.4, -0.2) is 43.2 Å². The van der Waals surface area contributed by atoms with E-state index in [0.29, 0.717) is 13.2 Å². The van der Waals surface area contributed by atoms with Crippen LogP contribution in [0.1, 0.15) is 57.2 Å². The van der Waals surface area contributed by atoms with Crippen molar-refractivity contribution in [2.45, 2.75) is 72.9 Å². The summed E-state index contributed by atoms with van der Waals surface area (Å²) >= 11 is 3.55. The Morgan fingerprint density at radius 3 is 2.45 bits per heavy atom. The lowest BCUT2D eigenvalue weighted by Crippen LogP contribution is -2.53. The van der Waals surface area contributed by atoms with Gasteiger partial charge in [-0.2, -0.15) is 0 Å². The number of nitrogens with two attached hydrogens (primary N) is 1.